The van der Waals surface area contributed by atoms with Crippen LogP contribution in [0.5, 0.6) is 11.5 Å². The van der Waals surface area contributed by atoms with Gasteiger partial charge in [0.25, 0.3) is 0 Å². The van der Waals surface area contributed by atoms with Gasteiger partial charge in [-0.25, -0.2) is 8.78 Å². The molecule has 0 aliphatic rings. The summed E-state index contributed by atoms with van der Waals surface area (Å²) in [6, 6.07) is 9.85. The van der Waals surface area contributed by atoms with Crippen LogP contribution in [0, 0.1) is 11.6 Å². The van der Waals surface area contributed by atoms with Crippen molar-refractivity contribution >= 4 is 0 Å². The third-order valence-electron chi connectivity index (χ3n) is 2.30. The molecule has 2 aromatic carbocycles. The first-order chi connectivity index (χ1) is 8.18. The van der Waals surface area contributed by atoms with Crippen LogP contribution in [0.3, 0.4) is 0 Å². The molecule has 2 rings (SSSR count). The van der Waals surface area contributed by atoms with Crippen LogP contribution in [-0.2, 0) is 6.61 Å². The molecule has 88 valence electrons. The van der Waals surface area contributed by atoms with Crippen LogP contribution in [0.25, 0.3) is 0 Å². The maximum Gasteiger partial charge on any atom is 0.161 e. The van der Waals surface area contributed by atoms with E-state index < -0.39 is 11.6 Å². The number of hydrogen-bond donors (Lipinski definition) is 1. The van der Waals surface area contributed by atoms with Crippen LogP contribution in [0.2, 0.25) is 0 Å². The normalized spacial score (nSPS) is 10.2. The molecule has 0 spiro atoms. The van der Waals surface area contributed by atoms with E-state index in [0.717, 1.165) is 12.1 Å². The average molecular weight is 236 g/mol. The first-order valence-corrected chi connectivity index (χ1v) is 5.02. The van der Waals surface area contributed by atoms with Gasteiger partial charge in [0.15, 0.2) is 11.5 Å². The monoisotopic (exact) mass is 236 g/mol. The molecule has 0 unspecified atom stereocenters. The van der Waals surface area contributed by atoms with Crippen molar-refractivity contribution in [1.82, 2.24) is 0 Å². The van der Waals surface area contributed by atoms with E-state index in [2.05, 4.69) is 0 Å². The van der Waals surface area contributed by atoms with Crippen LogP contribution in [0.1, 0.15) is 5.56 Å². The number of halogens is 2. The summed E-state index contributed by atoms with van der Waals surface area (Å²) in [6.07, 6.45) is 0. The number of aromatic hydroxyl groups is 1. The van der Waals surface area contributed by atoms with Gasteiger partial charge in [-0.05, 0) is 24.3 Å². The molecule has 0 bridgehead atoms. The van der Waals surface area contributed by atoms with E-state index in [4.69, 9.17) is 4.74 Å². The molecule has 0 aliphatic heterocycles. The first-order valence-electron chi connectivity index (χ1n) is 5.02. The number of phenolic OH excluding ortho intramolecular Hbond substituents is 1. The number of ether oxygens (including phenoxy) is 1. The van der Waals surface area contributed by atoms with Gasteiger partial charge in [0, 0.05) is 0 Å². The smallest absolute Gasteiger partial charge is 0.161 e. The highest BCUT2D eigenvalue weighted by Crippen LogP contribution is 2.26. The van der Waals surface area contributed by atoms with E-state index in [1.54, 1.807) is 12.1 Å². The topological polar surface area (TPSA) is 29.5 Å². The fourth-order valence-electron chi connectivity index (χ4n) is 1.40. The summed E-state index contributed by atoms with van der Waals surface area (Å²) in [5, 5.41) is 9.41. The lowest BCUT2D eigenvalue weighted by Crippen LogP contribution is -2.01. The van der Waals surface area contributed by atoms with Gasteiger partial charge in [-0.3, -0.25) is 0 Å². The highest BCUT2D eigenvalue weighted by molar-refractivity contribution is 5.38. The summed E-state index contributed by atoms with van der Waals surface area (Å²) in [5.41, 5.74) is -0.157. The van der Waals surface area contributed by atoms with E-state index >= 15 is 0 Å². The van der Waals surface area contributed by atoms with Crippen LogP contribution in [0.15, 0.2) is 42.5 Å². The Morgan fingerprint density at radius 2 is 1.59 bits per heavy atom. The molecule has 4 heteroatoms. The van der Waals surface area contributed by atoms with Crippen LogP contribution in [0.4, 0.5) is 8.78 Å². The molecule has 0 atom stereocenters. The zero-order chi connectivity index (χ0) is 12.3. The molecular formula is C13H10F2O2. The highest BCUT2D eigenvalue weighted by Gasteiger charge is 2.09. The molecule has 0 aromatic heterocycles. The second kappa shape index (κ2) is 4.82. The molecule has 0 heterocycles. The Hall–Kier alpha value is -2.10. The third-order valence-corrected chi connectivity index (χ3v) is 2.30. The van der Waals surface area contributed by atoms with E-state index in [1.165, 1.54) is 18.2 Å². The highest BCUT2D eigenvalue weighted by atomic mass is 19.1. The number of phenols is 1. The Balaban J connectivity index is 2.16. The maximum atomic E-state index is 13.3. The van der Waals surface area contributed by atoms with Gasteiger partial charge in [-0.1, -0.05) is 18.2 Å². The quantitative estimate of drug-likeness (QED) is 0.886. The molecule has 0 amide bonds. The Morgan fingerprint density at radius 1 is 0.941 bits per heavy atom. The zero-order valence-electron chi connectivity index (χ0n) is 8.86. The molecular weight excluding hydrogens is 226 g/mol. The van der Waals surface area contributed by atoms with Gasteiger partial charge in [0.05, 0.1) is 5.56 Å². The summed E-state index contributed by atoms with van der Waals surface area (Å²) in [7, 11) is 0. The number of hydrogen-bond acceptors (Lipinski definition) is 2. The van der Waals surface area contributed by atoms with Crippen molar-refractivity contribution in [3.63, 3.8) is 0 Å². The second-order valence-corrected chi connectivity index (χ2v) is 3.46. The lowest BCUT2D eigenvalue weighted by Gasteiger charge is -2.09. The zero-order valence-corrected chi connectivity index (χ0v) is 8.86. The third kappa shape index (κ3) is 2.53. The average Bonchev–Trinajstić information content (AvgIpc) is 2.30. The molecule has 1 N–H and O–H groups in total. The minimum atomic E-state index is -0.666. The summed E-state index contributed by atoms with van der Waals surface area (Å²) in [5.74, 6) is -1.21. The Labute approximate surface area is 97.1 Å². The summed E-state index contributed by atoms with van der Waals surface area (Å²) < 4.78 is 31.7. The summed E-state index contributed by atoms with van der Waals surface area (Å²) in [4.78, 5) is 0. The molecule has 0 saturated carbocycles. The standard InChI is InChI=1S/C13H10F2O2/c14-10-4-3-5-11(15)9(10)8-17-13-7-2-1-6-12(13)16/h1-7,16H,8H2. The first kappa shape index (κ1) is 11.4. The van der Waals surface area contributed by atoms with Gasteiger partial charge >= 0.3 is 0 Å². The number of para-hydroxylation sites is 2. The lowest BCUT2D eigenvalue weighted by molar-refractivity contribution is 0.278. The molecule has 0 fully saturated rings. The Morgan fingerprint density at radius 3 is 2.24 bits per heavy atom. The number of benzene rings is 2. The van der Waals surface area contributed by atoms with Crippen LogP contribution >= 0.6 is 0 Å². The fourth-order valence-corrected chi connectivity index (χ4v) is 1.40. The summed E-state index contributed by atoms with van der Waals surface area (Å²) in [6.45, 7) is -0.268. The number of rotatable bonds is 3. The summed E-state index contributed by atoms with van der Waals surface area (Å²) >= 11 is 0. The van der Waals surface area contributed by atoms with Crippen molar-refractivity contribution in [3.05, 3.63) is 59.7 Å². The fraction of sp³-hybridized carbons (Fsp3) is 0.0769. The molecule has 0 aliphatic carbocycles. The molecule has 0 saturated heterocycles. The van der Waals surface area contributed by atoms with E-state index in [1.807, 2.05) is 0 Å². The Kier molecular flexibility index (Phi) is 3.23. The van der Waals surface area contributed by atoms with Crippen molar-refractivity contribution < 1.29 is 18.6 Å². The molecule has 2 aromatic rings. The van der Waals surface area contributed by atoms with Crippen molar-refractivity contribution in [2.45, 2.75) is 6.61 Å². The minimum absolute atomic E-state index is 0.0655. The maximum absolute atomic E-state index is 13.3. The van der Waals surface area contributed by atoms with Crippen molar-refractivity contribution in [2.24, 2.45) is 0 Å². The van der Waals surface area contributed by atoms with Gasteiger partial charge in [-0.2, -0.15) is 0 Å². The van der Waals surface area contributed by atoms with Crippen molar-refractivity contribution in [1.29, 1.82) is 0 Å². The van der Waals surface area contributed by atoms with E-state index in [0.29, 0.717) is 0 Å². The van der Waals surface area contributed by atoms with Gasteiger partial charge in [-0.15, -0.1) is 0 Å². The molecule has 2 nitrogen and oxygen atoms in total. The van der Waals surface area contributed by atoms with Crippen LogP contribution < -0.4 is 4.74 Å². The predicted molar refractivity (Wildman–Crippen MR) is 58.8 cm³/mol. The second-order valence-electron chi connectivity index (χ2n) is 3.46. The molecule has 17 heavy (non-hydrogen) atoms. The van der Waals surface area contributed by atoms with E-state index in [-0.39, 0.29) is 23.7 Å². The van der Waals surface area contributed by atoms with Gasteiger partial charge in [0.1, 0.15) is 18.2 Å². The predicted octanol–water partition coefficient (Wildman–Crippen LogP) is 3.25. The van der Waals surface area contributed by atoms with Crippen LogP contribution in [-0.4, -0.2) is 5.11 Å². The van der Waals surface area contributed by atoms with Gasteiger partial charge < -0.3 is 9.84 Å². The minimum Gasteiger partial charge on any atom is -0.504 e. The SMILES string of the molecule is Oc1ccccc1OCc1c(F)cccc1F. The lowest BCUT2D eigenvalue weighted by atomic mass is 10.2. The Bertz CT molecular complexity index is 506. The molecule has 0 radical (unpaired) electrons. The van der Waals surface area contributed by atoms with Crippen molar-refractivity contribution in [2.75, 3.05) is 0 Å². The van der Waals surface area contributed by atoms with E-state index in [9.17, 15) is 13.9 Å². The largest absolute Gasteiger partial charge is 0.504 e. The van der Waals surface area contributed by atoms with Gasteiger partial charge in [0.2, 0.25) is 0 Å². The van der Waals surface area contributed by atoms with Crippen molar-refractivity contribution in [3.8, 4) is 11.5 Å².